The molecule has 0 unspecified atom stereocenters. The molecule has 5 nitrogen and oxygen atoms in total. The first-order valence-corrected chi connectivity index (χ1v) is 6.97. The van der Waals surface area contributed by atoms with Gasteiger partial charge in [0.2, 0.25) is 17.6 Å². The van der Waals surface area contributed by atoms with Gasteiger partial charge in [0.15, 0.2) is 0 Å². The zero-order chi connectivity index (χ0) is 13.9. The van der Waals surface area contributed by atoms with E-state index in [0.29, 0.717) is 29.7 Å². The van der Waals surface area contributed by atoms with E-state index in [0.717, 1.165) is 18.4 Å². The van der Waals surface area contributed by atoms with E-state index in [1.54, 1.807) is 6.07 Å². The van der Waals surface area contributed by atoms with E-state index in [1.165, 1.54) is 0 Å². The molecule has 1 aliphatic carbocycles. The van der Waals surface area contributed by atoms with Crippen LogP contribution in [0.25, 0.3) is 11.4 Å². The molecule has 0 bridgehead atoms. The zero-order valence-electron chi connectivity index (χ0n) is 10.8. The molecular formula is C14H14ClN3O2. The van der Waals surface area contributed by atoms with Crippen molar-refractivity contribution in [2.75, 3.05) is 6.54 Å². The Labute approximate surface area is 121 Å². The Balaban J connectivity index is 1.59. The lowest BCUT2D eigenvalue weighted by atomic mass is 10.2. The summed E-state index contributed by atoms with van der Waals surface area (Å²) in [6, 6.07) is 7.34. The van der Waals surface area contributed by atoms with Gasteiger partial charge in [0.1, 0.15) is 0 Å². The van der Waals surface area contributed by atoms with Crippen LogP contribution in [0, 0.1) is 5.92 Å². The molecule has 6 heteroatoms. The highest BCUT2D eigenvalue weighted by molar-refractivity contribution is 6.33. The fraction of sp³-hybridized carbons (Fsp3) is 0.357. The normalized spacial score (nSPS) is 14.2. The Morgan fingerprint density at radius 1 is 1.40 bits per heavy atom. The number of hydrogen-bond acceptors (Lipinski definition) is 4. The Morgan fingerprint density at radius 2 is 2.20 bits per heavy atom. The molecule has 104 valence electrons. The number of amides is 1. The van der Waals surface area contributed by atoms with Crippen molar-refractivity contribution in [1.82, 2.24) is 15.5 Å². The molecule has 1 N–H and O–H groups in total. The van der Waals surface area contributed by atoms with Crippen LogP contribution < -0.4 is 5.32 Å². The molecule has 0 spiro atoms. The number of aromatic nitrogens is 2. The number of nitrogens with zero attached hydrogens (tertiary/aromatic N) is 2. The molecule has 0 atom stereocenters. The van der Waals surface area contributed by atoms with Gasteiger partial charge in [-0.25, -0.2) is 0 Å². The molecule has 0 saturated heterocycles. The zero-order valence-corrected chi connectivity index (χ0v) is 11.6. The molecular weight excluding hydrogens is 278 g/mol. The van der Waals surface area contributed by atoms with Crippen LogP contribution in [0.3, 0.4) is 0 Å². The second kappa shape index (κ2) is 5.63. The standard InChI is InChI=1S/C14H14ClN3O2/c15-11-4-2-1-3-10(11)13-17-12(20-18-13)7-8-16-14(19)9-5-6-9/h1-4,9H,5-8H2,(H,16,19). The number of hydrogen-bond donors (Lipinski definition) is 1. The number of carbonyl (C=O) groups is 1. The van der Waals surface area contributed by atoms with Crippen molar-refractivity contribution in [2.24, 2.45) is 5.92 Å². The van der Waals surface area contributed by atoms with Crippen LogP contribution in [-0.4, -0.2) is 22.6 Å². The Hall–Kier alpha value is -1.88. The van der Waals surface area contributed by atoms with Crippen LogP contribution in [0.2, 0.25) is 5.02 Å². The monoisotopic (exact) mass is 291 g/mol. The second-order valence-electron chi connectivity index (χ2n) is 4.81. The highest BCUT2D eigenvalue weighted by Gasteiger charge is 2.29. The van der Waals surface area contributed by atoms with Gasteiger partial charge in [0, 0.05) is 24.4 Å². The number of halogens is 1. The van der Waals surface area contributed by atoms with E-state index < -0.39 is 0 Å². The van der Waals surface area contributed by atoms with E-state index >= 15 is 0 Å². The van der Waals surface area contributed by atoms with Crippen molar-refractivity contribution < 1.29 is 9.32 Å². The van der Waals surface area contributed by atoms with Crippen molar-refractivity contribution in [1.29, 1.82) is 0 Å². The van der Waals surface area contributed by atoms with Gasteiger partial charge in [-0.1, -0.05) is 28.9 Å². The average Bonchev–Trinajstić information content (AvgIpc) is 3.20. The van der Waals surface area contributed by atoms with Gasteiger partial charge >= 0.3 is 0 Å². The van der Waals surface area contributed by atoms with E-state index in [2.05, 4.69) is 15.5 Å². The maximum atomic E-state index is 11.5. The largest absolute Gasteiger partial charge is 0.355 e. The molecule has 0 radical (unpaired) electrons. The summed E-state index contributed by atoms with van der Waals surface area (Å²) in [5, 5.41) is 7.36. The fourth-order valence-corrected chi connectivity index (χ4v) is 2.11. The van der Waals surface area contributed by atoms with Crippen LogP contribution in [0.4, 0.5) is 0 Å². The molecule has 20 heavy (non-hydrogen) atoms. The first-order chi connectivity index (χ1) is 9.74. The SMILES string of the molecule is O=C(NCCc1nc(-c2ccccc2Cl)no1)C1CC1. The topological polar surface area (TPSA) is 68.0 Å². The summed E-state index contributed by atoms with van der Waals surface area (Å²) in [5.74, 6) is 1.31. The Bertz CT molecular complexity index is 622. The summed E-state index contributed by atoms with van der Waals surface area (Å²) in [4.78, 5) is 15.8. The van der Waals surface area contributed by atoms with Crippen molar-refractivity contribution in [2.45, 2.75) is 19.3 Å². The maximum Gasteiger partial charge on any atom is 0.228 e. The first kappa shape index (κ1) is 13.1. The van der Waals surface area contributed by atoms with Crippen molar-refractivity contribution in [3.05, 3.63) is 35.2 Å². The lowest BCUT2D eigenvalue weighted by molar-refractivity contribution is -0.122. The molecule has 0 aliphatic heterocycles. The number of nitrogens with one attached hydrogen (secondary N) is 1. The minimum absolute atomic E-state index is 0.121. The molecule has 1 fully saturated rings. The summed E-state index contributed by atoms with van der Waals surface area (Å²) < 4.78 is 5.16. The first-order valence-electron chi connectivity index (χ1n) is 6.59. The lowest BCUT2D eigenvalue weighted by Crippen LogP contribution is -2.26. The maximum absolute atomic E-state index is 11.5. The van der Waals surface area contributed by atoms with Crippen molar-refractivity contribution >= 4 is 17.5 Å². The van der Waals surface area contributed by atoms with Crippen molar-refractivity contribution in [3.63, 3.8) is 0 Å². The molecule has 2 aromatic rings. The van der Waals surface area contributed by atoms with E-state index in [9.17, 15) is 4.79 Å². The van der Waals surface area contributed by atoms with Crippen LogP contribution in [0.15, 0.2) is 28.8 Å². The molecule has 1 heterocycles. The number of benzene rings is 1. The van der Waals surface area contributed by atoms with Crippen LogP contribution in [0.1, 0.15) is 18.7 Å². The predicted molar refractivity (Wildman–Crippen MR) is 74.2 cm³/mol. The summed E-state index contributed by atoms with van der Waals surface area (Å²) in [6.07, 6.45) is 2.53. The fourth-order valence-electron chi connectivity index (χ4n) is 1.89. The van der Waals surface area contributed by atoms with E-state index in [4.69, 9.17) is 16.1 Å². The molecule has 1 amide bonds. The summed E-state index contributed by atoms with van der Waals surface area (Å²) in [5.41, 5.74) is 0.742. The third kappa shape index (κ3) is 2.99. The summed E-state index contributed by atoms with van der Waals surface area (Å²) >= 11 is 6.08. The molecule has 1 saturated carbocycles. The van der Waals surface area contributed by atoms with Gasteiger partial charge < -0.3 is 9.84 Å². The Morgan fingerprint density at radius 3 is 2.95 bits per heavy atom. The van der Waals surface area contributed by atoms with Crippen LogP contribution >= 0.6 is 11.6 Å². The molecule has 1 aromatic carbocycles. The second-order valence-corrected chi connectivity index (χ2v) is 5.21. The van der Waals surface area contributed by atoms with Crippen LogP contribution in [0.5, 0.6) is 0 Å². The summed E-state index contributed by atoms with van der Waals surface area (Å²) in [6.45, 7) is 0.513. The van der Waals surface area contributed by atoms with Gasteiger partial charge in [-0.05, 0) is 25.0 Å². The van der Waals surface area contributed by atoms with Crippen LogP contribution in [-0.2, 0) is 11.2 Å². The smallest absolute Gasteiger partial charge is 0.228 e. The van der Waals surface area contributed by atoms with Gasteiger partial charge in [0.05, 0.1) is 5.02 Å². The van der Waals surface area contributed by atoms with Gasteiger partial charge in [-0.3, -0.25) is 4.79 Å². The van der Waals surface area contributed by atoms with Gasteiger partial charge in [-0.2, -0.15) is 4.98 Å². The lowest BCUT2D eigenvalue weighted by Gasteiger charge is -2.00. The van der Waals surface area contributed by atoms with Gasteiger partial charge in [-0.15, -0.1) is 0 Å². The Kier molecular flexibility index (Phi) is 3.69. The molecule has 1 aromatic heterocycles. The third-order valence-electron chi connectivity index (χ3n) is 3.17. The third-order valence-corrected chi connectivity index (χ3v) is 3.50. The average molecular weight is 292 g/mol. The minimum atomic E-state index is 0.121. The van der Waals surface area contributed by atoms with Gasteiger partial charge in [0.25, 0.3) is 0 Å². The van der Waals surface area contributed by atoms with E-state index in [1.807, 2.05) is 18.2 Å². The number of rotatable bonds is 5. The summed E-state index contributed by atoms with van der Waals surface area (Å²) in [7, 11) is 0. The van der Waals surface area contributed by atoms with Crippen molar-refractivity contribution in [3.8, 4) is 11.4 Å². The quantitative estimate of drug-likeness (QED) is 0.919. The predicted octanol–water partition coefficient (Wildman–Crippen LogP) is 2.46. The number of carbonyl (C=O) groups excluding carboxylic acids is 1. The molecule has 1 aliphatic rings. The highest BCUT2D eigenvalue weighted by Crippen LogP contribution is 2.28. The minimum Gasteiger partial charge on any atom is -0.355 e. The highest BCUT2D eigenvalue weighted by atomic mass is 35.5. The van der Waals surface area contributed by atoms with E-state index in [-0.39, 0.29) is 11.8 Å². The molecule has 3 rings (SSSR count).